The Labute approximate surface area is 117 Å². The third-order valence-electron chi connectivity index (χ3n) is 4.00. The van der Waals surface area contributed by atoms with Crippen LogP contribution < -0.4 is 11.1 Å². The second-order valence-electron chi connectivity index (χ2n) is 5.72. The highest BCUT2D eigenvalue weighted by molar-refractivity contribution is 7.91. The summed E-state index contributed by atoms with van der Waals surface area (Å²) in [5.41, 5.74) is 5.66. The predicted octanol–water partition coefficient (Wildman–Crippen LogP) is 1.98. The number of nitrogens with two attached hydrogens (primary N) is 1. The second-order valence-corrected chi connectivity index (χ2v) is 8.44. The molecule has 0 amide bonds. The van der Waals surface area contributed by atoms with Crippen LogP contribution in [0.25, 0.3) is 0 Å². The first kappa shape index (κ1) is 13.2. The van der Waals surface area contributed by atoms with Crippen molar-refractivity contribution in [2.24, 2.45) is 17.8 Å². The Morgan fingerprint density at radius 1 is 1.37 bits per heavy atom. The van der Waals surface area contributed by atoms with Crippen LogP contribution in [-0.4, -0.2) is 25.6 Å². The molecule has 1 heterocycles. The SMILES string of the molecule is CS(=O)(=O)c1c(N)nsc1NCC(C1CC1)C1CC1. The average Bonchev–Trinajstić information content (AvgIpc) is 3.18. The van der Waals surface area contributed by atoms with Crippen LogP contribution in [0.3, 0.4) is 0 Å². The second kappa shape index (κ2) is 4.63. The van der Waals surface area contributed by atoms with Gasteiger partial charge in [0.2, 0.25) is 0 Å². The van der Waals surface area contributed by atoms with Gasteiger partial charge >= 0.3 is 0 Å². The maximum absolute atomic E-state index is 11.7. The van der Waals surface area contributed by atoms with Crippen molar-refractivity contribution in [3.8, 4) is 0 Å². The minimum Gasteiger partial charge on any atom is -0.382 e. The Morgan fingerprint density at radius 2 is 1.95 bits per heavy atom. The van der Waals surface area contributed by atoms with Gasteiger partial charge in [-0.25, -0.2) is 8.42 Å². The summed E-state index contributed by atoms with van der Waals surface area (Å²) in [4.78, 5) is 0.169. The third-order valence-corrected chi connectivity index (χ3v) is 6.10. The molecule has 2 fully saturated rings. The molecule has 2 aliphatic rings. The van der Waals surface area contributed by atoms with E-state index in [1.807, 2.05) is 0 Å². The molecule has 0 radical (unpaired) electrons. The Morgan fingerprint density at radius 3 is 2.42 bits per heavy atom. The van der Waals surface area contributed by atoms with E-state index < -0.39 is 9.84 Å². The highest BCUT2D eigenvalue weighted by Crippen LogP contribution is 2.49. The zero-order valence-corrected chi connectivity index (χ0v) is 12.6. The van der Waals surface area contributed by atoms with Gasteiger partial charge in [-0.1, -0.05) is 0 Å². The quantitative estimate of drug-likeness (QED) is 0.839. The van der Waals surface area contributed by atoms with E-state index in [-0.39, 0.29) is 10.7 Å². The molecular formula is C12H19N3O2S2. The molecule has 5 nitrogen and oxygen atoms in total. The lowest BCUT2D eigenvalue weighted by Crippen LogP contribution is -2.18. The van der Waals surface area contributed by atoms with Crippen LogP contribution in [0, 0.1) is 17.8 Å². The molecule has 0 saturated heterocycles. The van der Waals surface area contributed by atoms with Crippen LogP contribution in [0.2, 0.25) is 0 Å². The Kier molecular flexibility index (Phi) is 3.21. The summed E-state index contributed by atoms with van der Waals surface area (Å²) >= 11 is 1.14. The molecule has 106 valence electrons. The lowest BCUT2D eigenvalue weighted by Gasteiger charge is -2.16. The number of anilines is 2. The molecule has 0 aromatic carbocycles. The normalized spacial score (nSPS) is 19.9. The number of hydrogen-bond donors (Lipinski definition) is 2. The predicted molar refractivity (Wildman–Crippen MR) is 77.1 cm³/mol. The van der Waals surface area contributed by atoms with Crippen molar-refractivity contribution < 1.29 is 8.42 Å². The van der Waals surface area contributed by atoms with Gasteiger partial charge in [0.1, 0.15) is 9.90 Å². The van der Waals surface area contributed by atoms with Gasteiger partial charge in [0.05, 0.1) is 0 Å². The van der Waals surface area contributed by atoms with E-state index in [9.17, 15) is 8.42 Å². The van der Waals surface area contributed by atoms with E-state index >= 15 is 0 Å². The summed E-state index contributed by atoms with van der Waals surface area (Å²) in [6.45, 7) is 0.847. The van der Waals surface area contributed by atoms with Crippen molar-refractivity contribution in [2.75, 3.05) is 23.9 Å². The van der Waals surface area contributed by atoms with Crippen LogP contribution in [0.15, 0.2) is 4.90 Å². The molecule has 2 saturated carbocycles. The van der Waals surface area contributed by atoms with Crippen molar-refractivity contribution in [1.82, 2.24) is 4.37 Å². The van der Waals surface area contributed by atoms with Crippen LogP contribution in [0.4, 0.5) is 10.8 Å². The summed E-state index contributed by atoms with van der Waals surface area (Å²) < 4.78 is 27.4. The van der Waals surface area contributed by atoms with Crippen LogP contribution in [0.5, 0.6) is 0 Å². The maximum atomic E-state index is 11.7. The fourth-order valence-corrected chi connectivity index (χ4v) is 4.82. The molecule has 0 bridgehead atoms. The maximum Gasteiger partial charge on any atom is 0.182 e. The number of hydrogen-bond acceptors (Lipinski definition) is 6. The number of nitrogens with zero attached hydrogens (tertiary/aromatic N) is 1. The van der Waals surface area contributed by atoms with Crippen molar-refractivity contribution in [3.63, 3.8) is 0 Å². The van der Waals surface area contributed by atoms with Gasteiger partial charge in [-0.15, -0.1) is 0 Å². The standard InChI is InChI=1S/C12H19N3O2S2/c1-19(16,17)10-11(13)15-18-12(10)14-6-9(7-2-3-7)8-4-5-8/h7-9,14H,2-6H2,1H3,(H2,13,15). The smallest absolute Gasteiger partial charge is 0.182 e. The first-order valence-electron chi connectivity index (χ1n) is 6.66. The van der Waals surface area contributed by atoms with E-state index in [0.717, 1.165) is 29.9 Å². The average molecular weight is 301 g/mol. The van der Waals surface area contributed by atoms with Gasteiger partial charge in [-0.3, -0.25) is 0 Å². The van der Waals surface area contributed by atoms with Crippen molar-refractivity contribution in [1.29, 1.82) is 0 Å². The van der Waals surface area contributed by atoms with E-state index in [2.05, 4.69) is 9.69 Å². The highest BCUT2D eigenvalue weighted by Gasteiger charge is 2.41. The summed E-state index contributed by atoms with van der Waals surface area (Å²) in [6, 6.07) is 0. The van der Waals surface area contributed by atoms with Gasteiger partial charge in [0, 0.05) is 12.8 Å². The molecule has 2 aliphatic carbocycles. The summed E-state index contributed by atoms with van der Waals surface area (Å²) in [7, 11) is -3.32. The minimum absolute atomic E-state index is 0.115. The number of sulfone groups is 1. The van der Waals surface area contributed by atoms with E-state index in [1.165, 1.54) is 31.9 Å². The van der Waals surface area contributed by atoms with Gasteiger partial charge in [0.25, 0.3) is 0 Å². The van der Waals surface area contributed by atoms with Crippen LogP contribution in [0.1, 0.15) is 25.7 Å². The Bertz CT molecular complexity index is 562. The Balaban J connectivity index is 1.73. The number of nitrogens with one attached hydrogen (secondary N) is 1. The first-order chi connectivity index (χ1) is 8.97. The fourth-order valence-electron chi connectivity index (χ4n) is 2.74. The zero-order valence-electron chi connectivity index (χ0n) is 10.9. The lowest BCUT2D eigenvalue weighted by atomic mass is 9.98. The molecule has 0 spiro atoms. The summed E-state index contributed by atoms with van der Waals surface area (Å²) in [5, 5.41) is 3.88. The third kappa shape index (κ3) is 2.86. The Hall–Kier alpha value is -0.820. The molecule has 0 atom stereocenters. The van der Waals surface area contributed by atoms with E-state index in [4.69, 9.17) is 5.73 Å². The number of nitrogen functional groups attached to an aromatic ring is 1. The van der Waals surface area contributed by atoms with Gasteiger partial charge in [-0.05, 0) is 55.0 Å². The van der Waals surface area contributed by atoms with Gasteiger partial charge in [-0.2, -0.15) is 4.37 Å². The van der Waals surface area contributed by atoms with Crippen molar-refractivity contribution in [3.05, 3.63) is 0 Å². The molecule has 3 N–H and O–H groups in total. The van der Waals surface area contributed by atoms with Crippen LogP contribution in [-0.2, 0) is 9.84 Å². The van der Waals surface area contributed by atoms with E-state index in [1.54, 1.807) is 0 Å². The molecule has 7 heteroatoms. The topological polar surface area (TPSA) is 85.1 Å². The van der Waals surface area contributed by atoms with Gasteiger partial charge < -0.3 is 11.1 Å². The molecule has 19 heavy (non-hydrogen) atoms. The number of rotatable bonds is 6. The van der Waals surface area contributed by atoms with Crippen molar-refractivity contribution >= 4 is 32.2 Å². The first-order valence-corrected chi connectivity index (χ1v) is 9.32. The van der Waals surface area contributed by atoms with Crippen LogP contribution >= 0.6 is 11.5 Å². The summed E-state index contributed by atoms with van der Waals surface area (Å²) in [5.74, 6) is 2.49. The van der Waals surface area contributed by atoms with E-state index in [0.29, 0.717) is 10.9 Å². The minimum atomic E-state index is -3.32. The number of aromatic nitrogens is 1. The molecular weight excluding hydrogens is 282 g/mol. The molecule has 1 aromatic heterocycles. The monoisotopic (exact) mass is 301 g/mol. The largest absolute Gasteiger partial charge is 0.382 e. The van der Waals surface area contributed by atoms with Gasteiger partial charge in [0.15, 0.2) is 15.7 Å². The molecule has 0 aliphatic heterocycles. The fraction of sp³-hybridized carbons (Fsp3) is 0.750. The highest BCUT2D eigenvalue weighted by atomic mass is 32.2. The summed E-state index contributed by atoms with van der Waals surface area (Å²) in [6.07, 6.45) is 6.48. The van der Waals surface area contributed by atoms with Crippen molar-refractivity contribution in [2.45, 2.75) is 30.6 Å². The lowest BCUT2D eigenvalue weighted by molar-refractivity contribution is 0.428. The molecule has 3 rings (SSSR count). The zero-order chi connectivity index (χ0) is 13.6. The molecule has 0 unspecified atom stereocenters. The molecule has 1 aromatic rings.